The maximum absolute atomic E-state index is 9.68. The molecule has 0 amide bonds. The SMILES string of the molecule is OCc1cc2c(Cl)cc(Oc3ccccc3)cc2n1Cc1nn[nH]n1. The largest absolute Gasteiger partial charge is 0.457 e. The predicted molar refractivity (Wildman–Crippen MR) is 92.7 cm³/mol. The molecule has 4 aromatic rings. The first-order valence-corrected chi connectivity index (χ1v) is 8.00. The maximum Gasteiger partial charge on any atom is 0.194 e. The lowest BCUT2D eigenvalue weighted by Crippen LogP contribution is -2.05. The Bertz CT molecular complexity index is 999. The number of aliphatic hydroxyl groups excluding tert-OH is 1. The van der Waals surface area contributed by atoms with Gasteiger partial charge in [-0.2, -0.15) is 5.21 Å². The van der Waals surface area contributed by atoms with Crippen LogP contribution in [0.15, 0.2) is 48.5 Å². The summed E-state index contributed by atoms with van der Waals surface area (Å²) < 4.78 is 7.78. The summed E-state index contributed by atoms with van der Waals surface area (Å²) in [6, 6.07) is 15.0. The minimum atomic E-state index is -0.127. The molecule has 25 heavy (non-hydrogen) atoms. The number of aromatic amines is 1. The highest BCUT2D eigenvalue weighted by atomic mass is 35.5. The van der Waals surface area contributed by atoms with E-state index in [0.29, 0.717) is 28.8 Å². The van der Waals surface area contributed by atoms with Crippen LogP contribution in [0.25, 0.3) is 10.9 Å². The zero-order chi connectivity index (χ0) is 17.2. The van der Waals surface area contributed by atoms with Gasteiger partial charge in [0.2, 0.25) is 0 Å². The molecule has 7 nitrogen and oxygen atoms in total. The summed E-state index contributed by atoms with van der Waals surface area (Å²) in [5, 5.41) is 25.0. The van der Waals surface area contributed by atoms with Crippen molar-refractivity contribution >= 4 is 22.5 Å². The van der Waals surface area contributed by atoms with Gasteiger partial charge in [-0.15, -0.1) is 10.2 Å². The molecule has 0 bridgehead atoms. The van der Waals surface area contributed by atoms with Crippen LogP contribution in [0.2, 0.25) is 5.02 Å². The van der Waals surface area contributed by atoms with E-state index in [2.05, 4.69) is 20.6 Å². The van der Waals surface area contributed by atoms with E-state index >= 15 is 0 Å². The third kappa shape index (κ3) is 3.07. The number of nitrogens with one attached hydrogen (secondary N) is 1. The van der Waals surface area contributed by atoms with E-state index in [0.717, 1.165) is 16.7 Å². The molecule has 2 aromatic heterocycles. The fourth-order valence-corrected chi connectivity index (χ4v) is 3.00. The van der Waals surface area contributed by atoms with E-state index in [-0.39, 0.29) is 6.61 Å². The third-order valence-corrected chi connectivity index (χ3v) is 4.17. The molecule has 0 atom stereocenters. The quantitative estimate of drug-likeness (QED) is 0.574. The lowest BCUT2D eigenvalue weighted by atomic mass is 10.2. The van der Waals surface area contributed by atoms with Crippen molar-refractivity contribution in [3.63, 3.8) is 0 Å². The van der Waals surface area contributed by atoms with Crippen molar-refractivity contribution in [2.75, 3.05) is 0 Å². The first-order valence-electron chi connectivity index (χ1n) is 7.62. The van der Waals surface area contributed by atoms with Gasteiger partial charge in [-0.1, -0.05) is 35.0 Å². The van der Waals surface area contributed by atoms with Crippen LogP contribution in [0.5, 0.6) is 11.5 Å². The number of aromatic nitrogens is 5. The zero-order valence-corrected chi connectivity index (χ0v) is 13.8. The lowest BCUT2D eigenvalue weighted by Gasteiger charge is -2.10. The van der Waals surface area contributed by atoms with Gasteiger partial charge in [0.15, 0.2) is 5.82 Å². The zero-order valence-electron chi connectivity index (χ0n) is 13.1. The average molecular weight is 356 g/mol. The molecular weight excluding hydrogens is 342 g/mol. The number of benzene rings is 2. The van der Waals surface area contributed by atoms with E-state index in [1.807, 2.05) is 47.0 Å². The monoisotopic (exact) mass is 355 g/mol. The number of ether oxygens (including phenoxy) is 1. The highest BCUT2D eigenvalue weighted by molar-refractivity contribution is 6.35. The highest BCUT2D eigenvalue weighted by Gasteiger charge is 2.15. The van der Waals surface area contributed by atoms with E-state index in [1.165, 1.54) is 0 Å². The van der Waals surface area contributed by atoms with Crippen LogP contribution in [0.1, 0.15) is 11.5 Å². The van der Waals surface area contributed by atoms with Crippen LogP contribution >= 0.6 is 11.6 Å². The number of hydrogen-bond donors (Lipinski definition) is 2. The normalized spacial score (nSPS) is 11.1. The second-order valence-corrected chi connectivity index (χ2v) is 5.87. The fourth-order valence-electron chi connectivity index (χ4n) is 2.74. The van der Waals surface area contributed by atoms with Crippen molar-refractivity contribution in [1.82, 2.24) is 25.2 Å². The number of nitrogens with zero attached hydrogens (tertiary/aromatic N) is 4. The Kier molecular flexibility index (Phi) is 4.09. The van der Waals surface area contributed by atoms with Crippen molar-refractivity contribution in [1.29, 1.82) is 0 Å². The van der Waals surface area contributed by atoms with Gasteiger partial charge in [0, 0.05) is 23.2 Å². The van der Waals surface area contributed by atoms with Gasteiger partial charge in [-0.25, -0.2) is 0 Å². The van der Waals surface area contributed by atoms with E-state index in [4.69, 9.17) is 16.3 Å². The van der Waals surface area contributed by atoms with Crippen molar-refractivity contribution in [3.05, 3.63) is 65.1 Å². The molecule has 0 saturated heterocycles. The molecule has 2 N–H and O–H groups in total. The summed E-state index contributed by atoms with van der Waals surface area (Å²) >= 11 is 6.43. The summed E-state index contributed by atoms with van der Waals surface area (Å²) in [6.45, 7) is 0.235. The van der Waals surface area contributed by atoms with Crippen molar-refractivity contribution < 1.29 is 9.84 Å². The molecule has 8 heteroatoms. The molecule has 0 unspecified atom stereocenters. The van der Waals surface area contributed by atoms with Crippen molar-refractivity contribution in [2.24, 2.45) is 0 Å². The Morgan fingerprint density at radius 2 is 1.96 bits per heavy atom. The van der Waals surface area contributed by atoms with E-state index < -0.39 is 0 Å². The molecule has 126 valence electrons. The molecule has 2 heterocycles. The number of tetrazole rings is 1. The van der Waals surface area contributed by atoms with Crippen LogP contribution in [0.3, 0.4) is 0 Å². The summed E-state index contributed by atoms with van der Waals surface area (Å²) in [5.41, 5.74) is 1.53. The van der Waals surface area contributed by atoms with Crippen LogP contribution in [-0.4, -0.2) is 30.3 Å². The Morgan fingerprint density at radius 3 is 2.68 bits per heavy atom. The van der Waals surface area contributed by atoms with E-state index in [1.54, 1.807) is 6.07 Å². The summed E-state index contributed by atoms with van der Waals surface area (Å²) in [7, 11) is 0. The van der Waals surface area contributed by atoms with Gasteiger partial charge in [0.05, 0.1) is 23.7 Å². The van der Waals surface area contributed by atoms with Crippen LogP contribution in [0, 0.1) is 0 Å². The molecule has 0 aliphatic carbocycles. The van der Waals surface area contributed by atoms with Crippen molar-refractivity contribution in [2.45, 2.75) is 13.2 Å². The topological polar surface area (TPSA) is 88.9 Å². The number of rotatable bonds is 5. The minimum Gasteiger partial charge on any atom is -0.457 e. The molecule has 4 rings (SSSR count). The number of aliphatic hydroxyl groups is 1. The molecular formula is C17H14ClN5O2. The number of para-hydroxylation sites is 1. The van der Waals surface area contributed by atoms with Crippen LogP contribution in [-0.2, 0) is 13.2 Å². The molecule has 0 radical (unpaired) electrons. The standard InChI is InChI=1S/C17H14ClN5O2/c18-15-7-13(25-12-4-2-1-3-5-12)8-16-14(15)6-11(10-24)23(16)9-17-19-21-22-20-17/h1-8,24H,9-10H2,(H,19,20,21,22). The molecule has 0 fully saturated rings. The maximum atomic E-state index is 9.68. The Hall–Kier alpha value is -2.90. The number of hydrogen-bond acceptors (Lipinski definition) is 5. The van der Waals surface area contributed by atoms with Gasteiger partial charge in [-0.05, 0) is 18.2 Å². The second-order valence-electron chi connectivity index (χ2n) is 5.46. The van der Waals surface area contributed by atoms with Gasteiger partial charge in [0.25, 0.3) is 0 Å². The molecule has 0 spiro atoms. The molecule has 0 aliphatic rings. The summed E-state index contributed by atoms with van der Waals surface area (Å²) in [5.74, 6) is 1.84. The smallest absolute Gasteiger partial charge is 0.194 e. The molecule has 0 aliphatic heterocycles. The highest BCUT2D eigenvalue weighted by Crippen LogP contribution is 2.34. The lowest BCUT2D eigenvalue weighted by molar-refractivity contribution is 0.272. The number of H-pyrrole nitrogens is 1. The Balaban J connectivity index is 1.80. The second kappa shape index (κ2) is 6.54. The average Bonchev–Trinajstić information content (AvgIpc) is 3.25. The Labute approximate surface area is 147 Å². The van der Waals surface area contributed by atoms with Crippen molar-refractivity contribution in [3.8, 4) is 11.5 Å². The van der Waals surface area contributed by atoms with Gasteiger partial charge in [0.1, 0.15) is 11.5 Å². The first-order chi connectivity index (χ1) is 12.2. The Morgan fingerprint density at radius 1 is 1.12 bits per heavy atom. The predicted octanol–water partition coefficient (Wildman–Crippen LogP) is 3.14. The number of halogens is 1. The summed E-state index contributed by atoms with van der Waals surface area (Å²) in [6.07, 6.45) is 0. The summed E-state index contributed by atoms with van der Waals surface area (Å²) in [4.78, 5) is 0. The molecule has 0 saturated carbocycles. The minimum absolute atomic E-state index is 0.127. The third-order valence-electron chi connectivity index (χ3n) is 3.86. The molecule has 2 aromatic carbocycles. The van der Waals surface area contributed by atoms with E-state index in [9.17, 15) is 5.11 Å². The van der Waals surface area contributed by atoms with Crippen LogP contribution < -0.4 is 4.74 Å². The van der Waals surface area contributed by atoms with Gasteiger partial charge < -0.3 is 14.4 Å². The number of fused-ring (bicyclic) bond motifs is 1. The first kappa shape index (κ1) is 15.6. The fraction of sp³-hybridized carbons (Fsp3) is 0.118. The van der Waals surface area contributed by atoms with Gasteiger partial charge in [-0.3, -0.25) is 0 Å². The van der Waals surface area contributed by atoms with Crippen LogP contribution in [0.4, 0.5) is 0 Å². The van der Waals surface area contributed by atoms with Gasteiger partial charge >= 0.3 is 0 Å².